The molecule has 4 aliphatic rings. The number of nitrogens with one attached hydrogen (secondary N) is 1. The Bertz CT molecular complexity index is 784. The van der Waals surface area contributed by atoms with E-state index in [4.69, 9.17) is 0 Å². The second kappa shape index (κ2) is 2.50. The Labute approximate surface area is 99.5 Å². The highest BCUT2D eigenvalue weighted by Crippen LogP contribution is 2.48. The maximum Gasteiger partial charge on any atom is 0.0461 e. The van der Waals surface area contributed by atoms with Crippen molar-refractivity contribution < 1.29 is 0 Å². The number of rotatable bonds is 0. The van der Waals surface area contributed by atoms with Crippen LogP contribution in [0.1, 0.15) is 19.3 Å². The number of H-pyrrole nitrogens is 1. The lowest BCUT2D eigenvalue weighted by Gasteiger charge is -1.99. The molecule has 0 amide bonds. The summed E-state index contributed by atoms with van der Waals surface area (Å²) in [4.78, 5) is 3.59. The van der Waals surface area contributed by atoms with Gasteiger partial charge in [0.1, 0.15) is 0 Å². The molecular weight excluding hydrogens is 206 g/mol. The van der Waals surface area contributed by atoms with Gasteiger partial charge in [0.2, 0.25) is 0 Å². The third kappa shape index (κ3) is 1.09. The molecule has 0 bridgehead atoms. The zero-order valence-corrected chi connectivity index (χ0v) is 9.74. The first-order valence-electron chi connectivity index (χ1n) is 6.67. The number of aromatic nitrogens is 1. The van der Waals surface area contributed by atoms with Crippen LogP contribution in [0.25, 0.3) is 24.3 Å². The van der Waals surface area contributed by atoms with E-state index in [0.717, 1.165) is 11.8 Å². The SMILES string of the molecule is C1=CC2(C=c3c([nH]c4c3=CC3CC3C=4)=C1)CC2. The summed E-state index contributed by atoms with van der Waals surface area (Å²) in [7, 11) is 0. The number of allylic oxidation sites excluding steroid dienone is 2. The second-order valence-corrected chi connectivity index (χ2v) is 6.08. The molecular formula is C16H15N. The van der Waals surface area contributed by atoms with Crippen LogP contribution in [0.5, 0.6) is 0 Å². The molecule has 1 N–H and O–H groups in total. The van der Waals surface area contributed by atoms with Gasteiger partial charge < -0.3 is 4.98 Å². The van der Waals surface area contributed by atoms with Crippen LogP contribution in [0.3, 0.4) is 0 Å². The lowest BCUT2D eigenvalue weighted by atomic mass is 10.0. The summed E-state index contributed by atoms with van der Waals surface area (Å²) in [5.74, 6) is 1.66. The Morgan fingerprint density at radius 1 is 1.06 bits per heavy atom. The molecule has 17 heavy (non-hydrogen) atoms. The molecule has 2 saturated carbocycles. The van der Waals surface area contributed by atoms with Crippen molar-refractivity contribution in [1.29, 1.82) is 0 Å². The van der Waals surface area contributed by atoms with Crippen LogP contribution in [0.2, 0.25) is 0 Å². The average molecular weight is 221 g/mol. The van der Waals surface area contributed by atoms with Crippen LogP contribution in [-0.2, 0) is 0 Å². The van der Waals surface area contributed by atoms with E-state index in [1.807, 2.05) is 0 Å². The van der Waals surface area contributed by atoms with Crippen molar-refractivity contribution in [1.82, 2.24) is 4.98 Å². The molecule has 0 aromatic carbocycles. The smallest absolute Gasteiger partial charge is 0.0461 e. The van der Waals surface area contributed by atoms with Crippen LogP contribution < -0.4 is 21.1 Å². The molecule has 1 heteroatoms. The Morgan fingerprint density at radius 2 is 1.94 bits per heavy atom. The minimum atomic E-state index is 0.395. The van der Waals surface area contributed by atoms with Crippen LogP contribution in [0.4, 0.5) is 0 Å². The number of hydrogen-bond acceptors (Lipinski definition) is 0. The summed E-state index contributed by atoms with van der Waals surface area (Å²) in [5.41, 5.74) is 0.395. The molecule has 1 aromatic heterocycles. The fraction of sp³-hybridized carbons (Fsp3) is 0.375. The lowest BCUT2D eigenvalue weighted by Crippen LogP contribution is -2.39. The molecule has 0 saturated heterocycles. The van der Waals surface area contributed by atoms with E-state index in [9.17, 15) is 0 Å². The van der Waals surface area contributed by atoms with Crippen LogP contribution >= 0.6 is 0 Å². The third-order valence-electron chi connectivity index (χ3n) is 4.74. The fourth-order valence-corrected chi connectivity index (χ4v) is 3.34. The lowest BCUT2D eigenvalue weighted by molar-refractivity contribution is 0.916. The maximum atomic E-state index is 3.59. The van der Waals surface area contributed by atoms with Gasteiger partial charge in [-0.15, -0.1) is 0 Å². The molecule has 0 aliphatic heterocycles. The van der Waals surface area contributed by atoms with Gasteiger partial charge >= 0.3 is 0 Å². The van der Waals surface area contributed by atoms with E-state index in [2.05, 4.69) is 41.4 Å². The molecule has 1 nitrogen and oxygen atoms in total. The predicted octanol–water partition coefficient (Wildman–Crippen LogP) is 0.136. The molecule has 4 aliphatic carbocycles. The van der Waals surface area contributed by atoms with Gasteiger partial charge in [0.15, 0.2) is 0 Å². The van der Waals surface area contributed by atoms with Crippen molar-refractivity contribution in [2.45, 2.75) is 19.3 Å². The van der Waals surface area contributed by atoms with E-state index in [0.29, 0.717) is 5.41 Å². The topological polar surface area (TPSA) is 15.8 Å². The summed E-state index contributed by atoms with van der Waals surface area (Å²) in [6.07, 6.45) is 18.3. The van der Waals surface area contributed by atoms with Crippen molar-refractivity contribution in [2.75, 3.05) is 0 Å². The first kappa shape index (κ1) is 8.57. The maximum absolute atomic E-state index is 3.59. The van der Waals surface area contributed by atoms with Crippen molar-refractivity contribution in [3.8, 4) is 0 Å². The van der Waals surface area contributed by atoms with Crippen LogP contribution in [0, 0.1) is 17.3 Å². The number of aromatic amines is 1. The monoisotopic (exact) mass is 221 g/mol. The van der Waals surface area contributed by atoms with E-state index in [-0.39, 0.29) is 0 Å². The van der Waals surface area contributed by atoms with Crippen molar-refractivity contribution in [3.05, 3.63) is 33.3 Å². The average Bonchev–Trinajstić information content (AvgIpc) is 3.19. The summed E-state index contributed by atoms with van der Waals surface area (Å²) in [6, 6.07) is 0. The Morgan fingerprint density at radius 3 is 2.82 bits per heavy atom. The summed E-state index contributed by atoms with van der Waals surface area (Å²) in [5, 5.41) is 5.62. The first-order chi connectivity index (χ1) is 8.33. The Kier molecular flexibility index (Phi) is 1.26. The van der Waals surface area contributed by atoms with E-state index < -0.39 is 0 Å². The molecule has 0 radical (unpaired) electrons. The third-order valence-corrected chi connectivity index (χ3v) is 4.74. The standard InChI is InChI=1S/C16H15N/c1-2-14-13(9-16(3-1)4-5-16)12-7-10-6-11(10)8-15(12)17-14/h1-3,7-11,17H,4-6H2. The highest BCUT2D eigenvalue weighted by atomic mass is 14.7. The van der Waals surface area contributed by atoms with Crippen molar-refractivity contribution >= 4 is 24.3 Å². The quantitative estimate of drug-likeness (QED) is 0.641. The van der Waals surface area contributed by atoms with Crippen molar-refractivity contribution in [2.24, 2.45) is 17.3 Å². The molecule has 2 atom stereocenters. The Balaban J connectivity index is 1.97. The van der Waals surface area contributed by atoms with Gasteiger partial charge in [-0.25, -0.2) is 0 Å². The van der Waals surface area contributed by atoms with Gasteiger partial charge in [0, 0.05) is 26.6 Å². The van der Waals surface area contributed by atoms with E-state index in [1.54, 1.807) is 0 Å². The van der Waals surface area contributed by atoms with Crippen LogP contribution in [-0.4, -0.2) is 4.98 Å². The highest BCUT2D eigenvalue weighted by molar-refractivity contribution is 5.55. The Hall–Kier alpha value is -1.50. The summed E-state index contributed by atoms with van der Waals surface area (Å²) < 4.78 is 0. The zero-order chi connectivity index (χ0) is 11.0. The van der Waals surface area contributed by atoms with Gasteiger partial charge in [-0.1, -0.05) is 30.4 Å². The van der Waals surface area contributed by atoms with Crippen molar-refractivity contribution in [3.63, 3.8) is 0 Å². The highest BCUT2D eigenvalue weighted by Gasteiger charge is 2.38. The van der Waals surface area contributed by atoms with Gasteiger partial charge in [-0.3, -0.25) is 0 Å². The molecule has 1 spiro atoms. The second-order valence-electron chi connectivity index (χ2n) is 6.08. The minimum Gasteiger partial charge on any atom is -0.355 e. The predicted molar refractivity (Wildman–Crippen MR) is 69.6 cm³/mol. The van der Waals surface area contributed by atoms with Gasteiger partial charge in [-0.05, 0) is 37.2 Å². The molecule has 2 unspecified atom stereocenters. The number of hydrogen-bond donors (Lipinski definition) is 1. The summed E-state index contributed by atoms with van der Waals surface area (Å²) >= 11 is 0. The van der Waals surface area contributed by atoms with E-state index in [1.165, 1.54) is 40.4 Å². The normalized spacial score (nSPS) is 32.9. The fourth-order valence-electron chi connectivity index (χ4n) is 3.34. The molecule has 2 fully saturated rings. The van der Waals surface area contributed by atoms with Gasteiger partial charge in [0.25, 0.3) is 0 Å². The van der Waals surface area contributed by atoms with E-state index >= 15 is 0 Å². The van der Waals surface area contributed by atoms with Gasteiger partial charge in [0.05, 0.1) is 0 Å². The number of fused-ring (bicyclic) bond motifs is 4. The van der Waals surface area contributed by atoms with Gasteiger partial charge in [-0.2, -0.15) is 0 Å². The zero-order valence-electron chi connectivity index (χ0n) is 9.74. The minimum absolute atomic E-state index is 0.395. The van der Waals surface area contributed by atoms with Crippen LogP contribution in [0.15, 0.2) is 12.2 Å². The molecule has 5 rings (SSSR count). The summed E-state index contributed by atoms with van der Waals surface area (Å²) in [6.45, 7) is 0. The molecule has 84 valence electrons. The molecule has 1 aromatic rings. The largest absolute Gasteiger partial charge is 0.355 e. The molecule has 1 heterocycles. The first-order valence-corrected chi connectivity index (χ1v) is 6.67.